The number of halogens is 1. The molecule has 0 spiro atoms. The Hall–Kier alpha value is -0.610. The Morgan fingerprint density at radius 3 is 2.50 bits per heavy atom. The van der Waals surface area contributed by atoms with Crippen LogP contribution >= 0.6 is 11.6 Å². The van der Waals surface area contributed by atoms with E-state index in [2.05, 4.69) is 35.5 Å². The molecule has 1 aromatic heterocycles. The quantitative estimate of drug-likeness (QED) is 0.723. The summed E-state index contributed by atoms with van der Waals surface area (Å²) in [4.78, 5) is 0. The van der Waals surface area contributed by atoms with Crippen molar-refractivity contribution in [1.29, 1.82) is 0 Å². The summed E-state index contributed by atoms with van der Waals surface area (Å²) in [5.74, 6) is 3.13. The lowest BCUT2D eigenvalue weighted by Crippen LogP contribution is -2.15. The van der Waals surface area contributed by atoms with E-state index in [-0.39, 0.29) is 0 Å². The minimum atomic E-state index is 0.376. The molecule has 0 saturated heterocycles. The summed E-state index contributed by atoms with van der Waals surface area (Å²) >= 11 is 5.84. The zero-order valence-electron chi connectivity index (χ0n) is 10.4. The Bertz CT molecular complexity index is 325. The molecule has 0 aromatic carbocycles. The van der Waals surface area contributed by atoms with Crippen LogP contribution in [0.1, 0.15) is 38.3 Å². The Morgan fingerprint density at radius 1 is 1.31 bits per heavy atom. The van der Waals surface area contributed by atoms with Gasteiger partial charge in [0.25, 0.3) is 0 Å². The lowest BCUT2D eigenvalue weighted by atomic mass is 9.97. The number of nitrogens with zero attached hydrogens (tertiary/aromatic N) is 3. The third-order valence-electron chi connectivity index (χ3n) is 2.90. The van der Waals surface area contributed by atoms with Gasteiger partial charge in [0, 0.05) is 19.6 Å². The number of rotatable bonds is 6. The molecule has 16 heavy (non-hydrogen) atoms. The molecule has 0 N–H and O–H groups in total. The molecule has 0 amide bonds. The molecule has 0 aliphatic carbocycles. The Labute approximate surface area is 102 Å². The molecule has 0 radical (unpaired) electrons. The Balaban J connectivity index is 2.94. The highest BCUT2D eigenvalue weighted by Crippen LogP contribution is 2.23. The smallest absolute Gasteiger partial charge is 0.148 e. The summed E-state index contributed by atoms with van der Waals surface area (Å²) < 4.78 is 7.16. The maximum absolute atomic E-state index is 5.84. The lowest BCUT2D eigenvalue weighted by molar-refractivity contribution is 0.184. The van der Waals surface area contributed by atoms with E-state index in [0.717, 1.165) is 18.2 Å². The van der Waals surface area contributed by atoms with Crippen molar-refractivity contribution in [2.45, 2.75) is 39.1 Å². The van der Waals surface area contributed by atoms with Crippen molar-refractivity contribution >= 4 is 11.6 Å². The fraction of sp³-hybridized carbons (Fsp3) is 0.818. The zero-order chi connectivity index (χ0) is 12.1. The van der Waals surface area contributed by atoms with Gasteiger partial charge in [-0.1, -0.05) is 20.8 Å². The molecule has 1 atom stereocenters. The van der Waals surface area contributed by atoms with E-state index in [1.54, 1.807) is 7.11 Å². The fourth-order valence-electron chi connectivity index (χ4n) is 1.51. The second kappa shape index (κ2) is 6.21. The molecule has 0 bridgehead atoms. The van der Waals surface area contributed by atoms with Crippen molar-refractivity contribution in [2.24, 2.45) is 5.92 Å². The van der Waals surface area contributed by atoms with Gasteiger partial charge in [-0.05, 0) is 5.92 Å². The molecule has 0 saturated carbocycles. The van der Waals surface area contributed by atoms with E-state index in [1.807, 2.05) is 0 Å². The average Bonchev–Trinajstić information content (AvgIpc) is 2.67. The number of alkyl halides is 1. The van der Waals surface area contributed by atoms with Crippen LogP contribution in [-0.4, -0.2) is 28.5 Å². The van der Waals surface area contributed by atoms with Crippen LogP contribution in [-0.2, 0) is 17.2 Å². The van der Waals surface area contributed by atoms with E-state index in [9.17, 15) is 0 Å². The first-order chi connectivity index (χ1) is 7.61. The van der Waals surface area contributed by atoms with Crippen molar-refractivity contribution < 1.29 is 4.74 Å². The van der Waals surface area contributed by atoms with Gasteiger partial charge in [0.05, 0.1) is 12.5 Å². The van der Waals surface area contributed by atoms with Crippen LogP contribution < -0.4 is 0 Å². The molecular formula is C11H20ClN3O. The van der Waals surface area contributed by atoms with Crippen molar-refractivity contribution in [1.82, 2.24) is 14.8 Å². The minimum absolute atomic E-state index is 0.376. The molecule has 0 aliphatic heterocycles. The molecule has 1 heterocycles. The summed E-state index contributed by atoms with van der Waals surface area (Å²) in [5, 5.41) is 8.35. The molecule has 5 heteroatoms. The standard InChI is InChI=1S/C11H20ClN3O/c1-8(2)9(3)11-14-13-10(7-12)15(11)5-6-16-4/h8-9H,5-7H2,1-4H3. The first-order valence-electron chi connectivity index (χ1n) is 5.58. The highest BCUT2D eigenvalue weighted by Gasteiger charge is 2.19. The third-order valence-corrected chi connectivity index (χ3v) is 3.14. The monoisotopic (exact) mass is 245 g/mol. The van der Waals surface area contributed by atoms with Crippen LogP contribution in [0.5, 0.6) is 0 Å². The normalized spacial score (nSPS) is 13.4. The fourth-order valence-corrected chi connectivity index (χ4v) is 1.71. The predicted octanol–water partition coefficient (Wildman–Crippen LogP) is 2.42. The van der Waals surface area contributed by atoms with E-state index < -0.39 is 0 Å². The predicted molar refractivity (Wildman–Crippen MR) is 64.7 cm³/mol. The molecule has 1 rings (SSSR count). The van der Waals surface area contributed by atoms with Crippen LogP contribution in [0.3, 0.4) is 0 Å². The molecule has 1 aromatic rings. The number of aromatic nitrogens is 3. The molecule has 1 unspecified atom stereocenters. The summed E-state index contributed by atoms with van der Waals surface area (Å²) in [5.41, 5.74) is 0. The van der Waals surface area contributed by atoms with Gasteiger partial charge in [0.1, 0.15) is 11.6 Å². The maximum atomic E-state index is 5.84. The van der Waals surface area contributed by atoms with E-state index in [4.69, 9.17) is 16.3 Å². The third kappa shape index (κ3) is 2.95. The van der Waals surface area contributed by atoms with E-state index in [1.165, 1.54) is 0 Å². The largest absolute Gasteiger partial charge is 0.383 e. The van der Waals surface area contributed by atoms with Crippen molar-refractivity contribution in [3.05, 3.63) is 11.6 Å². The van der Waals surface area contributed by atoms with Crippen molar-refractivity contribution in [3.63, 3.8) is 0 Å². The second-order valence-corrected chi connectivity index (χ2v) is 4.55. The lowest BCUT2D eigenvalue weighted by Gasteiger charge is -2.16. The van der Waals surface area contributed by atoms with Gasteiger partial charge in [-0.25, -0.2) is 0 Å². The van der Waals surface area contributed by atoms with Crippen LogP contribution in [0.2, 0.25) is 0 Å². The van der Waals surface area contributed by atoms with Gasteiger partial charge in [-0.2, -0.15) is 0 Å². The molecular weight excluding hydrogens is 226 g/mol. The van der Waals surface area contributed by atoms with Crippen LogP contribution in [0.15, 0.2) is 0 Å². The summed E-state index contributed by atoms with van der Waals surface area (Å²) in [6.45, 7) is 7.94. The minimum Gasteiger partial charge on any atom is -0.383 e. The SMILES string of the molecule is COCCn1c(CCl)nnc1C(C)C(C)C. The first-order valence-corrected chi connectivity index (χ1v) is 6.12. The highest BCUT2D eigenvalue weighted by molar-refractivity contribution is 6.16. The number of hydrogen-bond acceptors (Lipinski definition) is 3. The van der Waals surface area contributed by atoms with Gasteiger partial charge < -0.3 is 9.30 Å². The number of methoxy groups -OCH3 is 1. The molecule has 92 valence electrons. The van der Waals surface area contributed by atoms with Crippen LogP contribution in [0, 0.1) is 5.92 Å². The molecule has 0 aliphatic rings. The Morgan fingerprint density at radius 2 is 2.00 bits per heavy atom. The Kier molecular flexibility index (Phi) is 5.22. The second-order valence-electron chi connectivity index (χ2n) is 4.29. The maximum Gasteiger partial charge on any atom is 0.148 e. The first kappa shape index (κ1) is 13.5. The highest BCUT2D eigenvalue weighted by atomic mass is 35.5. The summed E-state index contributed by atoms with van der Waals surface area (Å²) in [7, 11) is 1.69. The van der Waals surface area contributed by atoms with E-state index in [0.29, 0.717) is 24.3 Å². The van der Waals surface area contributed by atoms with Gasteiger partial charge >= 0.3 is 0 Å². The van der Waals surface area contributed by atoms with Gasteiger partial charge in [0.2, 0.25) is 0 Å². The van der Waals surface area contributed by atoms with Crippen LogP contribution in [0.4, 0.5) is 0 Å². The zero-order valence-corrected chi connectivity index (χ0v) is 11.2. The topological polar surface area (TPSA) is 39.9 Å². The molecule has 0 fully saturated rings. The van der Waals surface area contributed by atoms with Crippen LogP contribution in [0.25, 0.3) is 0 Å². The summed E-state index contributed by atoms with van der Waals surface area (Å²) in [6.07, 6.45) is 0. The van der Waals surface area contributed by atoms with Crippen molar-refractivity contribution in [3.8, 4) is 0 Å². The molecule has 4 nitrogen and oxygen atoms in total. The average molecular weight is 246 g/mol. The summed E-state index contributed by atoms with van der Waals surface area (Å²) in [6, 6.07) is 0. The van der Waals surface area contributed by atoms with Gasteiger partial charge in [-0.15, -0.1) is 21.8 Å². The van der Waals surface area contributed by atoms with E-state index >= 15 is 0 Å². The van der Waals surface area contributed by atoms with Crippen molar-refractivity contribution in [2.75, 3.05) is 13.7 Å². The van der Waals surface area contributed by atoms with Gasteiger partial charge in [-0.3, -0.25) is 0 Å². The van der Waals surface area contributed by atoms with Gasteiger partial charge in [0.15, 0.2) is 0 Å². The number of hydrogen-bond donors (Lipinski definition) is 0. The number of ether oxygens (including phenoxy) is 1.